The third kappa shape index (κ3) is 4.72. The Kier molecular flexibility index (Phi) is 6.29. The van der Waals surface area contributed by atoms with Crippen LogP contribution in [0.15, 0.2) is 109 Å². The van der Waals surface area contributed by atoms with Crippen LogP contribution in [0.2, 0.25) is 0 Å². The summed E-state index contributed by atoms with van der Waals surface area (Å²) >= 11 is 0. The molecule has 0 radical (unpaired) electrons. The van der Waals surface area contributed by atoms with Gasteiger partial charge in [-0.05, 0) is 35.9 Å². The van der Waals surface area contributed by atoms with Crippen molar-refractivity contribution in [2.45, 2.75) is 6.54 Å². The summed E-state index contributed by atoms with van der Waals surface area (Å²) in [7, 11) is 0. The summed E-state index contributed by atoms with van der Waals surface area (Å²) in [6.45, 7) is 0.484. The maximum Gasteiger partial charge on any atom is 0.273 e. The van der Waals surface area contributed by atoms with Crippen molar-refractivity contribution in [3.05, 3.63) is 142 Å². The zero-order valence-electron chi connectivity index (χ0n) is 19.2. The quantitative estimate of drug-likeness (QED) is 0.187. The predicted molar refractivity (Wildman–Crippen MR) is 141 cm³/mol. The number of nitrogens with zero attached hydrogens (tertiary/aromatic N) is 2. The molecule has 1 N–H and O–H groups in total. The number of anilines is 1. The molecule has 0 aliphatic carbocycles. The molecule has 4 aromatic carbocycles. The summed E-state index contributed by atoms with van der Waals surface area (Å²) in [5.74, 6) is 6.10. The molecule has 5 rings (SSSR count). The Morgan fingerprint density at radius 3 is 2.14 bits per heavy atom. The van der Waals surface area contributed by atoms with E-state index in [1.165, 1.54) is 24.3 Å². The lowest BCUT2D eigenvalue weighted by Crippen LogP contribution is -2.19. The van der Waals surface area contributed by atoms with E-state index in [1.54, 1.807) is 0 Å². The second-order valence-electron chi connectivity index (χ2n) is 8.19. The van der Waals surface area contributed by atoms with Gasteiger partial charge in [-0.25, -0.2) is 0 Å². The van der Waals surface area contributed by atoms with Gasteiger partial charge in [0.2, 0.25) is 0 Å². The van der Waals surface area contributed by atoms with E-state index in [4.69, 9.17) is 0 Å². The van der Waals surface area contributed by atoms with E-state index in [1.807, 2.05) is 89.5 Å². The van der Waals surface area contributed by atoms with Crippen LogP contribution in [0.3, 0.4) is 0 Å². The Labute approximate surface area is 208 Å². The van der Waals surface area contributed by atoms with Crippen LogP contribution in [0.4, 0.5) is 11.4 Å². The SMILES string of the molecule is O=C(Nc1ccc([N+](=O)[O-])cc1)c1c(C#Cc2ccccc2)c2ccccc2n1Cc1ccccc1. The number of non-ortho nitro benzene ring substituents is 1. The van der Waals surface area contributed by atoms with Crippen LogP contribution in [0.25, 0.3) is 10.9 Å². The smallest absolute Gasteiger partial charge is 0.273 e. The van der Waals surface area contributed by atoms with Gasteiger partial charge >= 0.3 is 0 Å². The van der Waals surface area contributed by atoms with Crippen molar-refractivity contribution in [3.8, 4) is 11.8 Å². The largest absolute Gasteiger partial charge is 0.331 e. The summed E-state index contributed by atoms with van der Waals surface area (Å²) in [6.07, 6.45) is 0. The first kappa shape index (κ1) is 22.6. The molecule has 0 unspecified atom stereocenters. The van der Waals surface area contributed by atoms with Gasteiger partial charge < -0.3 is 9.88 Å². The average molecular weight is 472 g/mol. The number of hydrogen-bond donors (Lipinski definition) is 1. The summed E-state index contributed by atoms with van der Waals surface area (Å²) in [6, 6.07) is 33.1. The van der Waals surface area contributed by atoms with Crippen LogP contribution in [0, 0.1) is 22.0 Å². The van der Waals surface area contributed by atoms with Gasteiger partial charge in [0.25, 0.3) is 11.6 Å². The Balaban J connectivity index is 1.64. The number of para-hydroxylation sites is 1. The number of aromatic nitrogens is 1. The van der Waals surface area contributed by atoms with E-state index in [-0.39, 0.29) is 11.6 Å². The van der Waals surface area contributed by atoms with Gasteiger partial charge in [-0.1, -0.05) is 78.6 Å². The molecule has 174 valence electrons. The van der Waals surface area contributed by atoms with Crippen molar-refractivity contribution in [1.29, 1.82) is 0 Å². The van der Waals surface area contributed by atoms with Crippen LogP contribution < -0.4 is 5.32 Å². The number of nitro benzene ring substituents is 1. The van der Waals surface area contributed by atoms with Crippen LogP contribution in [0.1, 0.15) is 27.2 Å². The average Bonchev–Trinajstić information content (AvgIpc) is 3.22. The number of carbonyl (C=O) groups is 1. The lowest BCUT2D eigenvalue weighted by molar-refractivity contribution is -0.384. The molecule has 0 spiro atoms. The number of nitrogens with one attached hydrogen (secondary N) is 1. The number of nitro groups is 1. The predicted octanol–water partition coefficient (Wildman–Crippen LogP) is 6.25. The fourth-order valence-corrected chi connectivity index (χ4v) is 4.11. The third-order valence-corrected chi connectivity index (χ3v) is 5.81. The van der Waals surface area contributed by atoms with Crippen molar-refractivity contribution >= 4 is 28.2 Å². The topological polar surface area (TPSA) is 77.2 Å². The van der Waals surface area contributed by atoms with Crippen molar-refractivity contribution < 1.29 is 9.72 Å². The minimum Gasteiger partial charge on any atom is -0.331 e. The van der Waals surface area contributed by atoms with E-state index >= 15 is 0 Å². The molecule has 1 aromatic heterocycles. The lowest BCUT2D eigenvalue weighted by Gasteiger charge is -2.12. The first-order valence-electron chi connectivity index (χ1n) is 11.4. The molecule has 0 bridgehead atoms. The highest BCUT2D eigenvalue weighted by atomic mass is 16.6. The first-order chi connectivity index (χ1) is 17.6. The highest BCUT2D eigenvalue weighted by Crippen LogP contribution is 2.28. The Hall–Kier alpha value is -5.15. The van der Waals surface area contributed by atoms with Gasteiger partial charge in [0.1, 0.15) is 5.69 Å². The number of fused-ring (bicyclic) bond motifs is 1. The Bertz CT molecular complexity index is 1610. The number of benzene rings is 4. The Morgan fingerprint density at radius 1 is 0.806 bits per heavy atom. The number of amides is 1. The second-order valence-corrected chi connectivity index (χ2v) is 8.19. The highest BCUT2D eigenvalue weighted by Gasteiger charge is 2.22. The zero-order chi connectivity index (χ0) is 24.9. The zero-order valence-corrected chi connectivity index (χ0v) is 19.2. The Morgan fingerprint density at radius 2 is 1.44 bits per heavy atom. The maximum absolute atomic E-state index is 13.7. The van der Waals surface area contributed by atoms with Crippen molar-refractivity contribution in [2.75, 3.05) is 5.32 Å². The standard InChI is InChI=1S/C30H21N3O3/c34-30(31-24-16-18-25(19-17-24)33(35)36)29-27(20-15-22-9-3-1-4-10-22)26-13-7-8-14-28(26)32(29)21-23-11-5-2-6-12-23/h1-14,16-19H,21H2,(H,31,34). The normalized spacial score (nSPS) is 10.4. The van der Waals surface area contributed by atoms with E-state index in [0.29, 0.717) is 23.5 Å². The van der Waals surface area contributed by atoms with E-state index in [2.05, 4.69) is 17.2 Å². The van der Waals surface area contributed by atoms with Gasteiger partial charge in [0.05, 0.1) is 16.0 Å². The monoisotopic (exact) mass is 471 g/mol. The molecule has 0 fully saturated rings. The molecule has 0 atom stereocenters. The molecular formula is C30H21N3O3. The third-order valence-electron chi connectivity index (χ3n) is 5.81. The first-order valence-corrected chi connectivity index (χ1v) is 11.4. The summed E-state index contributed by atoms with van der Waals surface area (Å²) in [5.41, 5.74) is 4.27. The van der Waals surface area contributed by atoms with Crippen LogP contribution in [-0.4, -0.2) is 15.4 Å². The molecule has 5 aromatic rings. The van der Waals surface area contributed by atoms with E-state index in [9.17, 15) is 14.9 Å². The summed E-state index contributed by atoms with van der Waals surface area (Å²) in [4.78, 5) is 24.2. The van der Waals surface area contributed by atoms with Gasteiger partial charge in [-0.15, -0.1) is 0 Å². The molecule has 1 amide bonds. The lowest BCUT2D eigenvalue weighted by atomic mass is 10.1. The van der Waals surface area contributed by atoms with Crippen molar-refractivity contribution in [3.63, 3.8) is 0 Å². The highest BCUT2D eigenvalue weighted by molar-refractivity contribution is 6.09. The van der Waals surface area contributed by atoms with E-state index in [0.717, 1.165) is 22.0 Å². The number of carbonyl (C=O) groups excluding carboxylic acids is 1. The summed E-state index contributed by atoms with van der Waals surface area (Å²) < 4.78 is 1.97. The van der Waals surface area contributed by atoms with Gasteiger partial charge in [0.15, 0.2) is 0 Å². The molecule has 36 heavy (non-hydrogen) atoms. The summed E-state index contributed by atoms with van der Waals surface area (Å²) in [5, 5.41) is 14.8. The second kappa shape index (κ2) is 10.00. The molecule has 0 aliphatic heterocycles. The minimum absolute atomic E-state index is 0.0411. The van der Waals surface area contributed by atoms with Crippen molar-refractivity contribution in [1.82, 2.24) is 4.57 Å². The van der Waals surface area contributed by atoms with Gasteiger partial charge in [-0.3, -0.25) is 14.9 Å². The molecular weight excluding hydrogens is 450 g/mol. The molecule has 0 aliphatic rings. The van der Waals surface area contributed by atoms with E-state index < -0.39 is 4.92 Å². The number of hydrogen-bond acceptors (Lipinski definition) is 3. The van der Waals surface area contributed by atoms with Crippen LogP contribution >= 0.6 is 0 Å². The minimum atomic E-state index is -0.472. The fourth-order valence-electron chi connectivity index (χ4n) is 4.11. The molecule has 0 saturated carbocycles. The number of rotatable bonds is 5. The fraction of sp³-hybridized carbons (Fsp3) is 0.0333. The molecule has 6 heteroatoms. The maximum atomic E-state index is 13.7. The van der Waals surface area contributed by atoms with Crippen LogP contribution in [0.5, 0.6) is 0 Å². The molecule has 6 nitrogen and oxygen atoms in total. The van der Waals surface area contributed by atoms with Crippen molar-refractivity contribution in [2.24, 2.45) is 0 Å². The molecule has 1 heterocycles. The van der Waals surface area contributed by atoms with Gasteiger partial charge in [0, 0.05) is 35.3 Å². The van der Waals surface area contributed by atoms with Gasteiger partial charge in [-0.2, -0.15) is 0 Å². The molecule has 0 saturated heterocycles. The van der Waals surface area contributed by atoms with Crippen LogP contribution in [-0.2, 0) is 6.54 Å².